The van der Waals surface area contributed by atoms with E-state index < -0.39 is 15.4 Å². The van der Waals surface area contributed by atoms with Crippen molar-refractivity contribution in [2.24, 2.45) is 0 Å². The third-order valence-electron chi connectivity index (χ3n) is 3.12. The molecule has 0 aliphatic heterocycles. The maximum absolute atomic E-state index is 9.50. The average molecular weight is 307 g/mol. The number of hydrogen-bond donors (Lipinski definition) is 1. The van der Waals surface area contributed by atoms with Crippen molar-refractivity contribution in [2.45, 2.75) is 45.9 Å². The molecule has 0 spiro atoms. The monoisotopic (exact) mass is 307 g/mol. The lowest BCUT2D eigenvalue weighted by molar-refractivity contribution is 0.349. The Morgan fingerprint density at radius 1 is 1.38 bits per heavy atom. The van der Waals surface area contributed by atoms with Gasteiger partial charge >= 0.3 is 13.1 Å². The lowest BCUT2D eigenvalue weighted by Gasteiger charge is -2.24. The minimum absolute atomic E-state index is 0.275. The fourth-order valence-corrected chi connectivity index (χ4v) is 2.33. The van der Waals surface area contributed by atoms with Crippen molar-refractivity contribution >= 4 is 21.4 Å². The molecule has 0 aliphatic carbocycles. The third-order valence-corrected chi connectivity index (χ3v) is 3.91. The van der Waals surface area contributed by atoms with E-state index in [1.807, 2.05) is 17.9 Å². The van der Waals surface area contributed by atoms with E-state index in [4.69, 9.17) is 4.43 Å². The molecule has 0 aromatic carbocycles. The molecule has 0 bridgehead atoms. The Labute approximate surface area is 129 Å². The summed E-state index contributed by atoms with van der Waals surface area (Å²) >= 11 is 0. The Morgan fingerprint density at radius 3 is 2.43 bits per heavy atom. The van der Waals surface area contributed by atoms with Gasteiger partial charge in [-0.25, -0.2) is 9.97 Å². The van der Waals surface area contributed by atoms with Gasteiger partial charge < -0.3 is 14.3 Å². The second-order valence-corrected chi connectivity index (χ2v) is 10.7. The Balaban J connectivity index is 2.54. The van der Waals surface area contributed by atoms with Gasteiger partial charge in [0.2, 0.25) is 8.32 Å². The van der Waals surface area contributed by atoms with Crippen molar-refractivity contribution in [2.75, 3.05) is 7.05 Å². The number of hydrogen-bond acceptors (Lipinski definition) is 5. The van der Waals surface area contributed by atoms with E-state index in [-0.39, 0.29) is 6.04 Å². The Kier molecular flexibility index (Phi) is 6.57. The maximum Gasteiger partial charge on any atom is 0.376 e. The second kappa shape index (κ2) is 7.72. The molecule has 21 heavy (non-hydrogen) atoms. The van der Waals surface area contributed by atoms with E-state index in [0.29, 0.717) is 6.01 Å². The van der Waals surface area contributed by atoms with Crippen LogP contribution in [0.3, 0.4) is 0 Å². The van der Waals surface area contributed by atoms with Crippen LogP contribution in [0.2, 0.25) is 26.5 Å². The third kappa shape index (κ3) is 6.88. The largest absolute Gasteiger partial charge is 0.518 e. The van der Waals surface area contributed by atoms with Gasteiger partial charge in [0.05, 0.1) is 0 Å². The lowest BCUT2D eigenvalue weighted by atomic mass is 9.84. The molecular weight excluding hydrogens is 281 g/mol. The quantitative estimate of drug-likeness (QED) is 0.784. The molecule has 116 valence electrons. The SMILES string of the molecule is CB(O)N(C)C(C)C/C=C/c1cnc(O[Si](C)(C)C)nc1. The van der Waals surface area contributed by atoms with Gasteiger partial charge in [-0.2, -0.15) is 0 Å². The molecule has 1 rings (SSSR count). The summed E-state index contributed by atoms with van der Waals surface area (Å²) in [4.78, 5) is 10.4. The van der Waals surface area contributed by atoms with Crippen LogP contribution in [0, 0.1) is 0 Å². The van der Waals surface area contributed by atoms with Crippen molar-refractivity contribution in [1.29, 1.82) is 0 Å². The average Bonchev–Trinajstić information content (AvgIpc) is 2.38. The lowest BCUT2D eigenvalue weighted by Crippen LogP contribution is -2.39. The number of nitrogens with zero attached hydrogens (tertiary/aromatic N) is 3. The molecule has 1 heterocycles. The fourth-order valence-electron chi connectivity index (χ4n) is 1.67. The topological polar surface area (TPSA) is 58.5 Å². The van der Waals surface area contributed by atoms with Crippen molar-refractivity contribution in [3.63, 3.8) is 0 Å². The minimum Gasteiger partial charge on any atom is -0.518 e. The van der Waals surface area contributed by atoms with Crippen LogP contribution in [0.5, 0.6) is 6.01 Å². The van der Waals surface area contributed by atoms with Gasteiger partial charge in [-0.05, 0) is 39.9 Å². The smallest absolute Gasteiger partial charge is 0.376 e. The van der Waals surface area contributed by atoms with Crippen molar-refractivity contribution in [1.82, 2.24) is 14.8 Å². The molecule has 0 saturated carbocycles. The van der Waals surface area contributed by atoms with E-state index in [1.54, 1.807) is 19.2 Å². The van der Waals surface area contributed by atoms with Gasteiger partial charge in [0.1, 0.15) is 0 Å². The highest BCUT2D eigenvalue weighted by molar-refractivity contribution is 6.70. The van der Waals surface area contributed by atoms with E-state index >= 15 is 0 Å². The molecule has 0 saturated heterocycles. The van der Waals surface area contributed by atoms with Crippen LogP contribution < -0.4 is 4.43 Å². The van der Waals surface area contributed by atoms with Gasteiger partial charge in [-0.3, -0.25) is 0 Å². The first-order valence-electron chi connectivity index (χ1n) is 7.26. The van der Waals surface area contributed by atoms with Gasteiger partial charge in [-0.15, -0.1) is 0 Å². The van der Waals surface area contributed by atoms with Gasteiger partial charge in [0, 0.05) is 24.0 Å². The predicted molar refractivity (Wildman–Crippen MR) is 90.7 cm³/mol. The summed E-state index contributed by atoms with van der Waals surface area (Å²) in [5.74, 6) is 0. The van der Waals surface area contributed by atoms with Crippen LogP contribution >= 0.6 is 0 Å². The maximum atomic E-state index is 9.50. The Bertz CT molecular complexity index is 460. The molecule has 1 unspecified atom stereocenters. The second-order valence-electron chi connectivity index (χ2n) is 6.30. The van der Waals surface area contributed by atoms with Crippen LogP contribution in [0.4, 0.5) is 0 Å². The molecular formula is C14H26BN3O2Si. The predicted octanol–water partition coefficient (Wildman–Crippen LogP) is 2.52. The Hall–Kier alpha value is -1.18. The van der Waals surface area contributed by atoms with E-state index in [0.717, 1.165) is 12.0 Å². The molecule has 7 heteroatoms. The van der Waals surface area contributed by atoms with E-state index in [2.05, 4.69) is 42.6 Å². The zero-order chi connectivity index (χ0) is 16.0. The molecule has 5 nitrogen and oxygen atoms in total. The van der Waals surface area contributed by atoms with Crippen LogP contribution in [-0.2, 0) is 0 Å². The molecule has 0 aliphatic rings. The molecule has 0 fully saturated rings. The minimum atomic E-state index is -1.65. The summed E-state index contributed by atoms with van der Waals surface area (Å²) in [6, 6.07) is 0.727. The van der Waals surface area contributed by atoms with Gasteiger partial charge in [-0.1, -0.05) is 19.1 Å². The van der Waals surface area contributed by atoms with Crippen LogP contribution in [0.1, 0.15) is 18.9 Å². The number of rotatable bonds is 7. The molecule has 1 aromatic heterocycles. The molecule has 1 aromatic rings. The first-order valence-corrected chi connectivity index (χ1v) is 10.7. The van der Waals surface area contributed by atoms with Crippen LogP contribution in [0.15, 0.2) is 18.5 Å². The molecule has 1 atom stereocenters. The van der Waals surface area contributed by atoms with Crippen molar-refractivity contribution in [3.8, 4) is 6.01 Å². The molecule has 0 radical (unpaired) electrons. The van der Waals surface area contributed by atoms with E-state index in [9.17, 15) is 5.02 Å². The van der Waals surface area contributed by atoms with Gasteiger partial charge in [0.25, 0.3) is 0 Å². The summed E-state index contributed by atoms with van der Waals surface area (Å²) in [5.41, 5.74) is 0.949. The standard InChI is InChI=1S/C14H26BN3O2Si/c1-12(18(3)15(2)19)8-7-9-13-10-16-14(17-11-13)20-21(4,5)6/h7,9-12,19H,8H2,1-6H3/b9-7+. The normalized spacial score (nSPS) is 13.7. The van der Waals surface area contributed by atoms with Crippen molar-refractivity contribution < 1.29 is 9.45 Å². The summed E-state index contributed by atoms with van der Waals surface area (Å²) < 4.78 is 5.72. The summed E-state index contributed by atoms with van der Waals surface area (Å²) in [6.07, 6.45) is 8.45. The molecule has 1 N–H and O–H groups in total. The number of aromatic nitrogens is 2. The fraction of sp³-hybridized carbons (Fsp3) is 0.571. The summed E-state index contributed by atoms with van der Waals surface area (Å²) in [7, 11) is -0.175. The highest BCUT2D eigenvalue weighted by Gasteiger charge is 2.17. The van der Waals surface area contributed by atoms with Crippen LogP contribution in [0.25, 0.3) is 6.08 Å². The first-order chi connectivity index (χ1) is 9.69. The van der Waals surface area contributed by atoms with Crippen LogP contribution in [-0.4, -0.2) is 48.3 Å². The van der Waals surface area contributed by atoms with Crippen molar-refractivity contribution in [3.05, 3.63) is 24.0 Å². The summed E-state index contributed by atoms with van der Waals surface area (Å²) in [6.45, 7) is 10.2. The highest BCUT2D eigenvalue weighted by atomic mass is 28.4. The Morgan fingerprint density at radius 2 is 1.95 bits per heavy atom. The molecule has 0 amide bonds. The summed E-state index contributed by atoms with van der Waals surface area (Å²) in [5, 5.41) is 9.50. The zero-order valence-corrected chi connectivity index (χ0v) is 14.9. The van der Waals surface area contributed by atoms with Gasteiger partial charge in [0.15, 0.2) is 0 Å². The van der Waals surface area contributed by atoms with E-state index in [1.165, 1.54) is 0 Å². The zero-order valence-electron chi connectivity index (χ0n) is 13.9. The first kappa shape index (κ1) is 17.9. The highest BCUT2D eigenvalue weighted by Crippen LogP contribution is 2.11.